The average molecular weight is 372 g/mol. The standard InChI is InChI=1S/C18H26ClNO3S/c1-3-5-14-20(4-2)17(21)18(12-6-7-13-18)24(22,23)16-10-8-15(19)9-11-16/h8-11H,3-7,12-14H2,1-2H3. The van der Waals surface area contributed by atoms with Crippen molar-refractivity contribution in [1.29, 1.82) is 0 Å². The number of hydrogen-bond acceptors (Lipinski definition) is 3. The predicted molar refractivity (Wildman–Crippen MR) is 97.0 cm³/mol. The fourth-order valence-corrected chi connectivity index (χ4v) is 5.68. The van der Waals surface area contributed by atoms with E-state index in [9.17, 15) is 13.2 Å². The van der Waals surface area contributed by atoms with Gasteiger partial charge in [-0.15, -0.1) is 0 Å². The summed E-state index contributed by atoms with van der Waals surface area (Å²) in [6.07, 6.45) is 4.20. The predicted octanol–water partition coefficient (Wildman–Crippen LogP) is 4.08. The Labute approximate surface area is 150 Å². The second-order valence-corrected chi connectivity index (χ2v) is 9.09. The summed E-state index contributed by atoms with van der Waals surface area (Å²) in [5, 5.41) is 0.485. The first-order valence-electron chi connectivity index (χ1n) is 8.68. The lowest BCUT2D eigenvalue weighted by Gasteiger charge is -2.33. The van der Waals surface area contributed by atoms with E-state index in [4.69, 9.17) is 11.6 Å². The number of sulfone groups is 1. The molecule has 1 saturated carbocycles. The minimum atomic E-state index is -3.75. The van der Waals surface area contributed by atoms with E-state index >= 15 is 0 Å². The zero-order valence-electron chi connectivity index (χ0n) is 14.4. The fraction of sp³-hybridized carbons (Fsp3) is 0.611. The molecule has 0 aromatic heterocycles. The van der Waals surface area contributed by atoms with Crippen LogP contribution in [-0.4, -0.2) is 37.1 Å². The van der Waals surface area contributed by atoms with Gasteiger partial charge in [0.25, 0.3) is 0 Å². The van der Waals surface area contributed by atoms with Gasteiger partial charge < -0.3 is 4.90 Å². The Morgan fingerprint density at radius 3 is 2.25 bits per heavy atom. The molecule has 1 aliphatic rings. The number of carbonyl (C=O) groups is 1. The topological polar surface area (TPSA) is 54.5 Å². The minimum Gasteiger partial charge on any atom is -0.342 e. The largest absolute Gasteiger partial charge is 0.342 e. The number of amides is 1. The molecule has 0 radical (unpaired) electrons. The molecule has 0 aliphatic heterocycles. The maximum atomic E-state index is 13.3. The van der Waals surface area contributed by atoms with Crippen molar-refractivity contribution in [3.8, 4) is 0 Å². The van der Waals surface area contributed by atoms with Crippen LogP contribution in [0, 0.1) is 0 Å². The smallest absolute Gasteiger partial charge is 0.244 e. The molecule has 2 rings (SSSR count). The molecule has 0 spiro atoms. The van der Waals surface area contributed by atoms with Crippen molar-refractivity contribution in [2.75, 3.05) is 13.1 Å². The van der Waals surface area contributed by atoms with Crippen molar-refractivity contribution in [1.82, 2.24) is 4.90 Å². The van der Waals surface area contributed by atoms with Gasteiger partial charge in [-0.25, -0.2) is 8.42 Å². The van der Waals surface area contributed by atoms with Crippen LogP contribution < -0.4 is 0 Å². The number of unbranched alkanes of at least 4 members (excludes halogenated alkanes) is 1. The number of carbonyl (C=O) groups excluding carboxylic acids is 1. The third kappa shape index (κ3) is 3.47. The molecule has 0 atom stereocenters. The van der Waals surface area contributed by atoms with Crippen LogP contribution in [0.15, 0.2) is 29.2 Å². The van der Waals surface area contributed by atoms with E-state index in [2.05, 4.69) is 6.92 Å². The quantitative estimate of drug-likeness (QED) is 0.725. The van der Waals surface area contributed by atoms with Crippen LogP contribution in [0.4, 0.5) is 0 Å². The molecular formula is C18H26ClNO3S. The maximum absolute atomic E-state index is 13.3. The van der Waals surface area contributed by atoms with E-state index in [0.29, 0.717) is 31.0 Å². The van der Waals surface area contributed by atoms with Crippen LogP contribution >= 0.6 is 11.6 Å². The van der Waals surface area contributed by atoms with Crippen LogP contribution in [0.5, 0.6) is 0 Å². The van der Waals surface area contributed by atoms with Crippen molar-refractivity contribution in [3.63, 3.8) is 0 Å². The Kier molecular flexibility index (Phi) is 6.32. The van der Waals surface area contributed by atoms with E-state index in [1.807, 2.05) is 6.92 Å². The Balaban J connectivity index is 2.42. The summed E-state index contributed by atoms with van der Waals surface area (Å²) >= 11 is 5.88. The second kappa shape index (κ2) is 7.87. The molecule has 6 heteroatoms. The van der Waals surface area contributed by atoms with E-state index in [0.717, 1.165) is 25.7 Å². The number of nitrogens with zero attached hydrogens (tertiary/aromatic N) is 1. The molecule has 4 nitrogen and oxygen atoms in total. The SMILES string of the molecule is CCCCN(CC)C(=O)C1(S(=O)(=O)c2ccc(Cl)cc2)CCCC1. The van der Waals surface area contributed by atoms with Crippen LogP contribution in [-0.2, 0) is 14.6 Å². The highest BCUT2D eigenvalue weighted by Gasteiger charge is 2.54. The van der Waals surface area contributed by atoms with Crippen LogP contribution in [0.3, 0.4) is 0 Å². The summed E-state index contributed by atoms with van der Waals surface area (Å²) < 4.78 is 25.3. The van der Waals surface area contributed by atoms with Gasteiger partial charge in [0.15, 0.2) is 14.6 Å². The molecule has 134 valence electrons. The zero-order valence-corrected chi connectivity index (χ0v) is 16.0. The third-order valence-corrected chi connectivity index (χ3v) is 7.65. The lowest BCUT2D eigenvalue weighted by molar-refractivity contribution is -0.133. The molecule has 0 unspecified atom stereocenters. The molecule has 1 aromatic rings. The average Bonchev–Trinajstić information content (AvgIpc) is 3.07. The van der Waals surface area contributed by atoms with E-state index in [1.54, 1.807) is 17.0 Å². The highest BCUT2D eigenvalue weighted by Crippen LogP contribution is 2.42. The van der Waals surface area contributed by atoms with Crippen LogP contribution in [0.2, 0.25) is 5.02 Å². The van der Waals surface area contributed by atoms with Gasteiger partial charge in [-0.2, -0.15) is 0 Å². The summed E-state index contributed by atoms with van der Waals surface area (Å²) in [4.78, 5) is 15.1. The van der Waals surface area contributed by atoms with Crippen LogP contribution in [0.1, 0.15) is 52.4 Å². The van der Waals surface area contributed by atoms with E-state index < -0.39 is 14.6 Å². The Bertz CT molecular complexity index is 664. The zero-order chi connectivity index (χ0) is 17.8. The first-order chi connectivity index (χ1) is 11.4. The number of hydrogen-bond donors (Lipinski definition) is 0. The Morgan fingerprint density at radius 2 is 1.75 bits per heavy atom. The van der Waals surface area contributed by atoms with Crippen molar-refractivity contribution >= 4 is 27.3 Å². The summed E-state index contributed by atoms with van der Waals surface area (Å²) in [5.41, 5.74) is 0. The molecule has 0 N–H and O–H groups in total. The first kappa shape index (κ1) is 19.3. The molecule has 24 heavy (non-hydrogen) atoms. The van der Waals surface area contributed by atoms with Gasteiger partial charge in [-0.05, 0) is 50.5 Å². The molecular weight excluding hydrogens is 346 g/mol. The molecule has 1 aliphatic carbocycles. The van der Waals surface area contributed by atoms with Gasteiger partial charge in [0.05, 0.1) is 4.90 Å². The normalized spacial score (nSPS) is 17.0. The highest BCUT2D eigenvalue weighted by molar-refractivity contribution is 7.93. The molecule has 0 saturated heterocycles. The summed E-state index contributed by atoms with van der Waals surface area (Å²) in [5.74, 6) is -0.231. The van der Waals surface area contributed by atoms with Crippen molar-refractivity contribution < 1.29 is 13.2 Å². The minimum absolute atomic E-state index is 0.189. The maximum Gasteiger partial charge on any atom is 0.244 e. The molecule has 1 amide bonds. The summed E-state index contributed by atoms with van der Waals surface area (Å²) in [6.45, 7) is 5.12. The van der Waals surface area contributed by atoms with E-state index in [-0.39, 0.29) is 10.8 Å². The Hall–Kier alpha value is -1.07. The molecule has 1 aromatic carbocycles. The van der Waals surface area contributed by atoms with Gasteiger partial charge in [0.1, 0.15) is 0 Å². The lowest BCUT2D eigenvalue weighted by Crippen LogP contribution is -2.52. The fourth-order valence-electron chi connectivity index (χ4n) is 3.42. The van der Waals surface area contributed by atoms with Gasteiger partial charge in [0.2, 0.25) is 5.91 Å². The van der Waals surface area contributed by atoms with Crippen LogP contribution in [0.25, 0.3) is 0 Å². The Morgan fingerprint density at radius 1 is 1.17 bits per heavy atom. The van der Waals surface area contributed by atoms with Gasteiger partial charge in [-0.1, -0.05) is 37.8 Å². The van der Waals surface area contributed by atoms with E-state index in [1.165, 1.54) is 12.1 Å². The monoisotopic (exact) mass is 371 g/mol. The van der Waals surface area contributed by atoms with Crippen molar-refractivity contribution in [2.24, 2.45) is 0 Å². The summed E-state index contributed by atoms with van der Waals surface area (Å²) in [7, 11) is -3.75. The van der Waals surface area contributed by atoms with Gasteiger partial charge in [0, 0.05) is 18.1 Å². The summed E-state index contributed by atoms with van der Waals surface area (Å²) in [6, 6.07) is 6.15. The first-order valence-corrected chi connectivity index (χ1v) is 10.5. The molecule has 0 bridgehead atoms. The highest BCUT2D eigenvalue weighted by atomic mass is 35.5. The second-order valence-electron chi connectivity index (χ2n) is 6.40. The van der Waals surface area contributed by atoms with Gasteiger partial charge in [-0.3, -0.25) is 4.79 Å². The number of benzene rings is 1. The number of rotatable bonds is 7. The van der Waals surface area contributed by atoms with Crippen molar-refractivity contribution in [2.45, 2.75) is 62.0 Å². The van der Waals surface area contributed by atoms with Crippen molar-refractivity contribution in [3.05, 3.63) is 29.3 Å². The third-order valence-electron chi connectivity index (χ3n) is 4.89. The van der Waals surface area contributed by atoms with Gasteiger partial charge >= 0.3 is 0 Å². The molecule has 1 fully saturated rings. The lowest BCUT2D eigenvalue weighted by atomic mass is 10.1. The molecule has 0 heterocycles. The number of halogens is 1.